The molecule has 0 aliphatic carbocycles. The third kappa shape index (κ3) is 4.05. The predicted molar refractivity (Wildman–Crippen MR) is 85.7 cm³/mol. The fraction of sp³-hybridized carbons (Fsp3) is 0.357. The van der Waals surface area contributed by atoms with Crippen LogP contribution in [-0.2, 0) is 4.79 Å². The van der Waals surface area contributed by atoms with E-state index in [2.05, 4.69) is 15.3 Å². The number of aromatic nitrogens is 3. The number of pyridine rings is 1. The van der Waals surface area contributed by atoms with Gasteiger partial charge in [0.05, 0.1) is 17.9 Å². The molecule has 0 aromatic carbocycles. The van der Waals surface area contributed by atoms with Crippen molar-refractivity contribution in [3.63, 3.8) is 0 Å². The molecular formula is C14H19N5OS. The number of imidazole rings is 1. The zero-order valence-corrected chi connectivity index (χ0v) is 12.9. The second kappa shape index (κ2) is 7.24. The minimum Gasteiger partial charge on any atom is -0.323 e. The maximum Gasteiger partial charge on any atom is 0.241 e. The summed E-state index contributed by atoms with van der Waals surface area (Å²) < 4.78 is 1.87. The van der Waals surface area contributed by atoms with Gasteiger partial charge in [-0.05, 0) is 37.5 Å². The molecule has 3 N–H and O–H groups in total. The second-order valence-corrected chi connectivity index (χ2v) is 5.61. The zero-order valence-electron chi connectivity index (χ0n) is 12.1. The Hall–Kier alpha value is -1.86. The molecule has 2 rings (SSSR count). The molecule has 0 aliphatic heterocycles. The summed E-state index contributed by atoms with van der Waals surface area (Å²) in [5, 5.41) is 2.78. The lowest BCUT2D eigenvalue weighted by Crippen LogP contribution is -2.36. The number of nitrogens with one attached hydrogen (secondary N) is 1. The molecule has 2 aromatic rings. The lowest BCUT2D eigenvalue weighted by atomic mass is 10.2. The average molecular weight is 305 g/mol. The van der Waals surface area contributed by atoms with Crippen molar-refractivity contribution in [1.82, 2.24) is 14.5 Å². The van der Waals surface area contributed by atoms with Crippen LogP contribution in [0.4, 0.5) is 5.69 Å². The lowest BCUT2D eigenvalue weighted by molar-refractivity contribution is -0.117. The lowest BCUT2D eigenvalue weighted by Gasteiger charge is -2.12. The van der Waals surface area contributed by atoms with Gasteiger partial charge in [0, 0.05) is 12.4 Å². The minimum absolute atomic E-state index is 0.183. The number of thioether (sulfide) groups is 1. The molecule has 0 radical (unpaired) electrons. The Bertz CT molecular complexity index is 596. The van der Waals surface area contributed by atoms with Crippen LogP contribution in [0.2, 0.25) is 0 Å². The highest BCUT2D eigenvalue weighted by Gasteiger charge is 2.13. The molecule has 0 unspecified atom stereocenters. The van der Waals surface area contributed by atoms with E-state index in [9.17, 15) is 4.79 Å². The van der Waals surface area contributed by atoms with Gasteiger partial charge in [0.25, 0.3) is 0 Å². The third-order valence-corrected chi connectivity index (χ3v) is 3.70. The van der Waals surface area contributed by atoms with Crippen LogP contribution in [0.3, 0.4) is 0 Å². The number of nitrogens with two attached hydrogens (primary N) is 1. The van der Waals surface area contributed by atoms with Crippen LogP contribution >= 0.6 is 11.8 Å². The Morgan fingerprint density at radius 1 is 1.48 bits per heavy atom. The Morgan fingerprint density at radius 2 is 2.29 bits per heavy atom. The number of hydrogen-bond donors (Lipinski definition) is 2. The van der Waals surface area contributed by atoms with Crippen LogP contribution in [-0.4, -0.2) is 38.5 Å². The molecule has 0 aliphatic rings. The van der Waals surface area contributed by atoms with Crippen molar-refractivity contribution in [3.05, 3.63) is 36.5 Å². The van der Waals surface area contributed by atoms with E-state index in [-0.39, 0.29) is 5.91 Å². The van der Waals surface area contributed by atoms with Crippen LogP contribution in [0.1, 0.15) is 12.2 Å². The smallest absolute Gasteiger partial charge is 0.241 e. The van der Waals surface area contributed by atoms with Crippen molar-refractivity contribution in [1.29, 1.82) is 0 Å². The first-order chi connectivity index (χ1) is 10.1. The Morgan fingerprint density at radius 3 is 2.86 bits per heavy atom. The van der Waals surface area contributed by atoms with Gasteiger partial charge in [-0.3, -0.25) is 9.36 Å². The van der Waals surface area contributed by atoms with Gasteiger partial charge in [0.15, 0.2) is 0 Å². The molecule has 1 amide bonds. The molecule has 0 saturated heterocycles. The largest absolute Gasteiger partial charge is 0.323 e. The average Bonchev–Trinajstić information content (AvgIpc) is 2.91. The van der Waals surface area contributed by atoms with Crippen LogP contribution in [0.25, 0.3) is 5.82 Å². The van der Waals surface area contributed by atoms with Gasteiger partial charge in [-0.2, -0.15) is 11.8 Å². The summed E-state index contributed by atoms with van der Waals surface area (Å²) in [5.74, 6) is 2.30. The van der Waals surface area contributed by atoms with E-state index in [0.717, 1.165) is 17.4 Å². The van der Waals surface area contributed by atoms with Crippen LogP contribution in [0, 0.1) is 6.92 Å². The van der Waals surface area contributed by atoms with E-state index in [1.54, 1.807) is 30.2 Å². The van der Waals surface area contributed by atoms with Crippen molar-refractivity contribution in [3.8, 4) is 5.82 Å². The van der Waals surface area contributed by atoms with Gasteiger partial charge in [0.1, 0.15) is 11.6 Å². The fourth-order valence-electron chi connectivity index (χ4n) is 1.83. The van der Waals surface area contributed by atoms with Gasteiger partial charge in [-0.15, -0.1) is 0 Å². The first-order valence-electron chi connectivity index (χ1n) is 6.63. The molecule has 1 atom stereocenters. The molecule has 6 nitrogen and oxygen atoms in total. The first-order valence-corrected chi connectivity index (χ1v) is 8.03. The van der Waals surface area contributed by atoms with E-state index in [4.69, 9.17) is 5.73 Å². The quantitative estimate of drug-likeness (QED) is 0.846. The van der Waals surface area contributed by atoms with E-state index >= 15 is 0 Å². The summed E-state index contributed by atoms with van der Waals surface area (Å²) in [7, 11) is 0. The number of rotatable bonds is 6. The van der Waals surface area contributed by atoms with Gasteiger partial charge in [0.2, 0.25) is 5.91 Å². The SMILES string of the molecule is CSCC[C@@H](N)C(=O)Nc1ccc(-n2ccnc2C)nc1. The normalized spacial score (nSPS) is 12.1. The van der Waals surface area contributed by atoms with Gasteiger partial charge in [-0.25, -0.2) is 9.97 Å². The predicted octanol–water partition coefficient (Wildman–Crippen LogP) is 1.59. The first kappa shape index (κ1) is 15.5. The molecule has 7 heteroatoms. The van der Waals surface area contributed by atoms with Crippen LogP contribution in [0.15, 0.2) is 30.7 Å². The molecular weight excluding hydrogens is 286 g/mol. The highest BCUT2D eigenvalue weighted by atomic mass is 32.2. The van der Waals surface area contributed by atoms with Crippen molar-refractivity contribution in [2.75, 3.05) is 17.3 Å². The molecule has 2 aromatic heterocycles. The van der Waals surface area contributed by atoms with E-state index < -0.39 is 6.04 Å². The highest BCUT2D eigenvalue weighted by Crippen LogP contribution is 2.12. The number of aryl methyl sites for hydroxylation is 1. The maximum absolute atomic E-state index is 11.9. The number of carbonyl (C=O) groups is 1. The monoisotopic (exact) mass is 305 g/mol. The summed E-state index contributed by atoms with van der Waals surface area (Å²) >= 11 is 1.67. The third-order valence-electron chi connectivity index (χ3n) is 3.06. The molecule has 112 valence electrons. The molecule has 0 spiro atoms. The number of amides is 1. The number of carbonyl (C=O) groups excluding carboxylic acids is 1. The molecule has 2 heterocycles. The van der Waals surface area contributed by atoms with E-state index in [1.165, 1.54) is 0 Å². The summed E-state index contributed by atoms with van der Waals surface area (Å²) in [6, 6.07) is 3.15. The molecule has 0 bridgehead atoms. The van der Waals surface area contributed by atoms with Crippen LogP contribution in [0.5, 0.6) is 0 Å². The number of nitrogens with zero attached hydrogens (tertiary/aromatic N) is 3. The minimum atomic E-state index is -0.493. The Labute approximate surface area is 128 Å². The summed E-state index contributed by atoms with van der Waals surface area (Å²) in [4.78, 5) is 20.4. The van der Waals surface area contributed by atoms with E-state index in [1.807, 2.05) is 30.0 Å². The summed E-state index contributed by atoms with van der Waals surface area (Å²) in [6.07, 6.45) is 7.83. The molecule has 0 saturated carbocycles. The Balaban J connectivity index is 2.00. The second-order valence-electron chi connectivity index (χ2n) is 4.63. The number of hydrogen-bond acceptors (Lipinski definition) is 5. The van der Waals surface area contributed by atoms with Crippen molar-refractivity contribution >= 4 is 23.4 Å². The number of anilines is 1. The van der Waals surface area contributed by atoms with Crippen molar-refractivity contribution in [2.24, 2.45) is 5.73 Å². The van der Waals surface area contributed by atoms with Gasteiger partial charge in [-0.1, -0.05) is 0 Å². The topological polar surface area (TPSA) is 85.8 Å². The van der Waals surface area contributed by atoms with Gasteiger partial charge < -0.3 is 11.1 Å². The van der Waals surface area contributed by atoms with Crippen molar-refractivity contribution in [2.45, 2.75) is 19.4 Å². The fourth-order valence-corrected chi connectivity index (χ4v) is 2.32. The highest BCUT2D eigenvalue weighted by molar-refractivity contribution is 7.98. The van der Waals surface area contributed by atoms with Crippen molar-refractivity contribution < 1.29 is 4.79 Å². The Kier molecular flexibility index (Phi) is 5.35. The molecule has 21 heavy (non-hydrogen) atoms. The zero-order chi connectivity index (χ0) is 15.2. The van der Waals surface area contributed by atoms with E-state index in [0.29, 0.717) is 12.1 Å². The van der Waals surface area contributed by atoms with Crippen LogP contribution < -0.4 is 11.1 Å². The molecule has 0 fully saturated rings. The summed E-state index contributed by atoms with van der Waals surface area (Å²) in [6.45, 7) is 1.90. The summed E-state index contributed by atoms with van der Waals surface area (Å²) in [5.41, 5.74) is 6.46. The standard InChI is InChI=1S/C14H19N5OS/c1-10-16-6-7-19(10)13-4-3-11(9-17-13)18-14(20)12(15)5-8-21-2/h3-4,6-7,9,12H,5,8,15H2,1-2H3,(H,18,20)/t12-/m1/s1. The maximum atomic E-state index is 11.9. The van der Waals surface area contributed by atoms with Gasteiger partial charge >= 0.3 is 0 Å².